The Morgan fingerprint density at radius 1 is 1.43 bits per heavy atom. The number of carbonyl (C=O) groups is 2. The van der Waals surface area contributed by atoms with E-state index in [1.807, 2.05) is 13.8 Å². The molecule has 0 bridgehead atoms. The SMILES string of the molecule is CCC(C)C(NC(=O)Cc1cc(Cl)ccc1OC)C(N)=O. The second-order valence-electron chi connectivity index (χ2n) is 4.97. The number of ether oxygens (including phenoxy) is 1. The average molecular weight is 313 g/mol. The second kappa shape index (κ2) is 7.88. The van der Waals surface area contributed by atoms with Gasteiger partial charge < -0.3 is 15.8 Å². The van der Waals surface area contributed by atoms with Crippen LogP contribution >= 0.6 is 11.6 Å². The minimum atomic E-state index is -0.673. The molecule has 0 spiro atoms. The van der Waals surface area contributed by atoms with Crippen LogP contribution in [0.15, 0.2) is 18.2 Å². The highest BCUT2D eigenvalue weighted by atomic mass is 35.5. The van der Waals surface area contributed by atoms with Gasteiger partial charge in [-0.25, -0.2) is 0 Å². The number of halogens is 1. The summed E-state index contributed by atoms with van der Waals surface area (Å²) >= 11 is 5.92. The fourth-order valence-corrected chi connectivity index (χ4v) is 2.21. The van der Waals surface area contributed by atoms with Gasteiger partial charge in [0, 0.05) is 10.6 Å². The lowest BCUT2D eigenvalue weighted by molar-refractivity contribution is -0.128. The van der Waals surface area contributed by atoms with Crippen LogP contribution in [0.1, 0.15) is 25.8 Å². The Morgan fingerprint density at radius 2 is 2.10 bits per heavy atom. The molecule has 0 aliphatic heterocycles. The molecule has 3 N–H and O–H groups in total. The molecule has 0 aromatic heterocycles. The first-order valence-corrected chi connectivity index (χ1v) is 7.17. The zero-order valence-corrected chi connectivity index (χ0v) is 13.2. The molecule has 0 aliphatic carbocycles. The Hall–Kier alpha value is -1.75. The van der Waals surface area contributed by atoms with Crippen molar-refractivity contribution in [1.82, 2.24) is 5.32 Å². The van der Waals surface area contributed by atoms with E-state index in [2.05, 4.69) is 5.32 Å². The summed E-state index contributed by atoms with van der Waals surface area (Å²) in [6.07, 6.45) is 0.818. The third-order valence-corrected chi connectivity index (χ3v) is 3.66. The number of nitrogens with one attached hydrogen (secondary N) is 1. The van der Waals surface area contributed by atoms with Crippen LogP contribution in [0, 0.1) is 5.92 Å². The molecule has 1 aromatic rings. The van der Waals surface area contributed by atoms with Gasteiger partial charge in [-0.2, -0.15) is 0 Å². The van der Waals surface area contributed by atoms with Crippen molar-refractivity contribution in [1.29, 1.82) is 0 Å². The van der Waals surface area contributed by atoms with E-state index in [-0.39, 0.29) is 18.2 Å². The monoisotopic (exact) mass is 312 g/mol. The fourth-order valence-electron chi connectivity index (χ4n) is 2.01. The summed E-state index contributed by atoms with van der Waals surface area (Å²) in [6.45, 7) is 3.81. The van der Waals surface area contributed by atoms with Gasteiger partial charge in [0.15, 0.2) is 0 Å². The summed E-state index contributed by atoms with van der Waals surface area (Å²) in [4.78, 5) is 23.5. The van der Waals surface area contributed by atoms with Crippen LogP contribution in [-0.4, -0.2) is 25.0 Å². The van der Waals surface area contributed by atoms with Crippen LogP contribution in [0.4, 0.5) is 0 Å². The second-order valence-corrected chi connectivity index (χ2v) is 5.40. The first-order valence-electron chi connectivity index (χ1n) is 6.80. The van der Waals surface area contributed by atoms with E-state index >= 15 is 0 Å². The number of rotatable bonds is 7. The van der Waals surface area contributed by atoms with Gasteiger partial charge >= 0.3 is 0 Å². The maximum Gasteiger partial charge on any atom is 0.240 e. The number of hydrogen-bond acceptors (Lipinski definition) is 3. The minimum absolute atomic E-state index is 0.0206. The highest BCUT2D eigenvalue weighted by Gasteiger charge is 2.23. The summed E-state index contributed by atoms with van der Waals surface area (Å²) in [5, 5.41) is 3.19. The molecule has 0 aliphatic rings. The molecule has 5 nitrogen and oxygen atoms in total. The minimum Gasteiger partial charge on any atom is -0.496 e. The van der Waals surface area contributed by atoms with E-state index in [4.69, 9.17) is 22.1 Å². The lowest BCUT2D eigenvalue weighted by atomic mass is 9.98. The lowest BCUT2D eigenvalue weighted by Crippen LogP contribution is -2.48. The molecule has 2 unspecified atom stereocenters. The van der Waals surface area contributed by atoms with E-state index < -0.39 is 11.9 Å². The largest absolute Gasteiger partial charge is 0.496 e. The van der Waals surface area contributed by atoms with Gasteiger partial charge in [-0.15, -0.1) is 0 Å². The quantitative estimate of drug-likeness (QED) is 0.807. The van der Waals surface area contributed by atoms with Crippen molar-refractivity contribution < 1.29 is 14.3 Å². The molecular formula is C15H21ClN2O3. The zero-order valence-electron chi connectivity index (χ0n) is 12.5. The molecule has 0 radical (unpaired) electrons. The fraction of sp³-hybridized carbons (Fsp3) is 0.467. The molecule has 6 heteroatoms. The average Bonchev–Trinajstić information content (AvgIpc) is 2.44. The van der Waals surface area contributed by atoms with Gasteiger partial charge in [-0.1, -0.05) is 31.9 Å². The molecule has 1 rings (SSSR count). The van der Waals surface area contributed by atoms with Gasteiger partial charge in [0.1, 0.15) is 11.8 Å². The Morgan fingerprint density at radius 3 is 2.62 bits per heavy atom. The Kier molecular flexibility index (Phi) is 6.49. The first-order chi connectivity index (χ1) is 9.88. The van der Waals surface area contributed by atoms with Crippen molar-refractivity contribution >= 4 is 23.4 Å². The molecule has 0 fully saturated rings. The number of primary amides is 1. The highest BCUT2D eigenvalue weighted by Crippen LogP contribution is 2.23. The Balaban J connectivity index is 2.81. The van der Waals surface area contributed by atoms with Crippen LogP contribution in [0.2, 0.25) is 5.02 Å². The topological polar surface area (TPSA) is 81.4 Å². The molecule has 1 aromatic carbocycles. The van der Waals surface area contributed by atoms with Gasteiger partial charge in [0.25, 0.3) is 0 Å². The molecule has 21 heavy (non-hydrogen) atoms. The maximum absolute atomic E-state index is 12.1. The van der Waals surface area contributed by atoms with Crippen LogP contribution in [0.25, 0.3) is 0 Å². The molecule has 0 heterocycles. The van der Waals surface area contributed by atoms with Crippen molar-refractivity contribution in [2.24, 2.45) is 11.7 Å². The number of benzene rings is 1. The van der Waals surface area contributed by atoms with Crippen LogP contribution in [0.5, 0.6) is 5.75 Å². The van der Waals surface area contributed by atoms with E-state index in [0.29, 0.717) is 16.3 Å². The van der Waals surface area contributed by atoms with Crippen molar-refractivity contribution in [3.05, 3.63) is 28.8 Å². The van der Waals surface area contributed by atoms with Gasteiger partial charge in [-0.05, 0) is 24.1 Å². The van der Waals surface area contributed by atoms with Crippen LogP contribution in [-0.2, 0) is 16.0 Å². The first kappa shape index (κ1) is 17.3. The number of carbonyl (C=O) groups excluding carboxylic acids is 2. The van der Waals surface area contributed by atoms with Gasteiger partial charge in [0.2, 0.25) is 11.8 Å². The molecule has 2 atom stereocenters. The van der Waals surface area contributed by atoms with Gasteiger partial charge in [-0.3, -0.25) is 9.59 Å². The maximum atomic E-state index is 12.1. The lowest BCUT2D eigenvalue weighted by Gasteiger charge is -2.21. The third-order valence-electron chi connectivity index (χ3n) is 3.43. The normalized spacial score (nSPS) is 13.3. The van der Waals surface area contributed by atoms with E-state index in [1.54, 1.807) is 18.2 Å². The predicted octanol–water partition coefficient (Wildman–Crippen LogP) is 1.91. The molecule has 0 saturated heterocycles. The summed E-state index contributed by atoms with van der Waals surface area (Å²) in [6, 6.07) is 4.38. The van der Waals surface area contributed by atoms with Crippen molar-refractivity contribution in [2.75, 3.05) is 7.11 Å². The molecule has 2 amide bonds. The van der Waals surface area contributed by atoms with Crippen LogP contribution < -0.4 is 15.8 Å². The summed E-state index contributed by atoms with van der Waals surface area (Å²) < 4.78 is 5.19. The molecule has 0 saturated carbocycles. The summed E-state index contributed by atoms with van der Waals surface area (Å²) in [7, 11) is 1.52. The smallest absolute Gasteiger partial charge is 0.240 e. The summed E-state index contributed by atoms with van der Waals surface area (Å²) in [5.41, 5.74) is 6.00. The zero-order chi connectivity index (χ0) is 16.0. The molecular weight excluding hydrogens is 292 g/mol. The molecule has 116 valence electrons. The van der Waals surface area contributed by atoms with Gasteiger partial charge in [0.05, 0.1) is 13.5 Å². The van der Waals surface area contributed by atoms with Crippen molar-refractivity contribution in [2.45, 2.75) is 32.7 Å². The van der Waals surface area contributed by atoms with E-state index in [9.17, 15) is 9.59 Å². The number of hydrogen-bond donors (Lipinski definition) is 2. The summed E-state index contributed by atoms with van der Waals surface area (Å²) in [5.74, 6) is -0.267. The Labute approximate surface area is 129 Å². The van der Waals surface area contributed by atoms with E-state index in [0.717, 1.165) is 6.42 Å². The predicted molar refractivity (Wildman–Crippen MR) is 82.3 cm³/mol. The number of nitrogens with two attached hydrogens (primary N) is 1. The number of amides is 2. The third kappa shape index (κ3) is 4.93. The standard InChI is InChI=1S/C15H21ClN2O3/c1-4-9(2)14(15(17)20)18-13(19)8-10-7-11(16)5-6-12(10)21-3/h5-7,9,14H,4,8H2,1-3H3,(H2,17,20)(H,18,19). The van der Waals surface area contributed by atoms with Crippen molar-refractivity contribution in [3.63, 3.8) is 0 Å². The highest BCUT2D eigenvalue weighted by molar-refractivity contribution is 6.30. The van der Waals surface area contributed by atoms with Crippen molar-refractivity contribution in [3.8, 4) is 5.75 Å². The van der Waals surface area contributed by atoms with E-state index in [1.165, 1.54) is 7.11 Å². The number of methoxy groups -OCH3 is 1. The van der Waals surface area contributed by atoms with Crippen LogP contribution in [0.3, 0.4) is 0 Å². The Bertz CT molecular complexity index is 520.